The normalized spacial score (nSPS) is 22.8. The van der Waals surface area contributed by atoms with Crippen LogP contribution in [0.15, 0.2) is 18.2 Å². The molecule has 3 rings (SSSR count). The lowest BCUT2D eigenvalue weighted by Crippen LogP contribution is -2.48. The zero-order chi connectivity index (χ0) is 15.1. The van der Waals surface area contributed by atoms with Gasteiger partial charge in [0, 0.05) is 23.2 Å². The number of nitrogens with zero attached hydrogens (tertiary/aromatic N) is 1. The SMILES string of the molecule is C[C@H]1CN(C(=O)c2sc3cc(F)ccc3c2Cl)C[C@H](C)O1. The van der Waals surface area contributed by atoms with Crippen molar-refractivity contribution in [1.82, 2.24) is 4.90 Å². The molecule has 0 bridgehead atoms. The minimum Gasteiger partial charge on any atom is -0.372 e. The van der Waals surface area contributed by atoms with Crippen molar-refractivity contribution in [3.8, 4) is 0 Å². The molecule has 2 atom stereocenters. The molecule has 6 heteroatoms. The lowest BCUT2D eigenvalue weighted by molar-refractivity contribution is -0.0584. The molecule has 0 aliphatic carbocycles. The van der Waals surface area contributed by atoms with E-state index in [4.69, 9.17) is 16.3 Å². The molecule has 1 aromatic carbocycles. The average molecular weight is 328 g/mol. The van der Waals surface area contributed by atoms with Crippen molar-refractivity contribution in [3.63, 3.8) is 0 Å². The zero-order valence-corrected chi connectivity index (χ0v) is 13.3. The smallest absolute Gasteiger partial charge is 0.265 e. The van der Waals surface area contributed by atoms with Crippen molar-refractivity contribution in [2.75, 3.05) is 13.1 Å². The van der Waals surface area contributed by atoms with Crippen molar-refractivity contribution in [2.24, 2.45) is 0 Å². The predicted octanol–water partition coefficient (Wildman–Crippen LogP) is 3.94. The van der Waals surface area contributed by atoms with Crippen molar-refractivity contribution in [1.29, 1.82) is 0 Å². The zero-order valence-electron chi connectivity index (χ0n) is 11.7. The Morgan fingerprint density at radius 2 is 2.05 bits per heavy atom. The van der Waals surface area contributed by atoms with Crippen LogP contribution in [0.5, 0.6) is 0 Å². The average Bonchev–Trinajstić information content (AvgIpc) is 2.73. The maximum atomic E-state index is 13.3. The third kappa shape index (κ3) is 2.78. The Balaban J connectivity index is 1.96. The summed E-state index contributed by atoms with van der Waals surface area (Å²) < 4.78 is 19.6. The minimum absolute atomic E-state index is 0.00305. The molecule has 21 heavy (non-hydrogen) atoms. The second-order valence-electron chi connectivity index (χ2n) is 5.35. The number of ether oxygens (including phenoxy) is 1. The molecule has 3 nitrogen and oxygen atoms in total. The van der Waals surface area contributed by atoms with Crippen LogP contribution < -0.4 is 0 Å². The van der Waals surface area contributed by atoms with Gasteiger partial charge in [-0.15, -0.1) is 11.3 Å². The summed E-state index contributed by atoms with van der Waals surface area (Å²) in [5.74, 6) is -0.434. The van der Waals surface area contributed by atoms with Crippen LogP contribution in [0.25, 0.3) is 10.1 Å². The summed E-state index contributed by atoms with van der Waals surface area (Å²) >= 11 is 7.54. The highest BCUT2D eigenvalue weighted by Gasteiger charge is 2.29. The van der Waals surface area contributed by atoms with Gasteiger partial charge in [-0.05, 0) is 32.0 Å². The summed E-state index contributed by atoms with van der Waals surface area (Å²) in [4.78, 5) is 14.9. The maximum absolute atomic E-state index is 13.3. The highest BCUT2D eigenvalue weighted by Crippen LogP contribution is 2.36. The lowest BCUT2D eigenvalue weighted by Gasteiger charge is -2.35. The van der Waals surface area contributed by atoms with E-state index in [1.165, 1.54) is 23.5 Å². The van der Waals surface area contributed by atoms with E-state index in [0.717, 1.165) is 5.39 Å². The number of rotatable bonds is 1. The monoisotopic (exact) mass is 327 g/mol. The largest absolute Gasteiger partial charge is 0.372 e. The fourth-order valence-electron chi connectivity index (χ4n) is 2.66. The molecule has 1 aromatic heterocycles. The number of halogens is 2. The van der Waals surface area contributed by atoms with Gasteiger partial charge in [-0.25, -0.2) is 4.39 Å². The summed E-state index contributed by atoms with van der Waals surface area (Å²) in [5, 5.41) is 1.13. The molecule has 0 unspecified atom stereocenters. The van der Waals surface area contributed by atoms with Gasteiger partial charge in [-0.2, -0.15) is 0 Å². The lowest BCUT2D eigenvalue weighted by atomic mass is 10.2. The van der Waals surface area contributed by atoms with Crippen LogP contribution in [-0.4, -0.2) is 36.1 Å². The number of carbonyl (C=O) groups excluding carboxylic acids is 1. The molecule has 1 amide bonds. The van der Waals surface area contributed by atoms with Crippen LogP contribution in [0.4, 0.5) is 4.39 Å². The molecule has 1 fully saturated rings. The van der Waals surface area contributed by atoms with Gasteiger partial charge in [0.25, 0.3) is 5.91 Å². The van der Waals surface area contributed by atoms with Gasteiger partial charge >= 0.3 is 0 Å². The van der Waals surface area contributed by atoms with Gasteiger partial charge in [0.1, 0.15) is 10.7 Å². The summed E-state index contributed by atoms with van der Waals surface area (Å²) in [7, 11) is 0. The van der Waals surface area contributed by atoms with E-state index in [1.807, 2.05) is 13.8 Å². The van der Waals surface area contributed by atoms with Crippen molar-refractivity contribution < 1.29 is 13.9 Å². The molecule has 2 aromatic rings. The van der Waals surface area contributed by atoms with Gasteiger partial charge in [-0.3, -0.25) is 4.79 Å². The summed E-state index contributed by atoms with van der Waals surface area (Å²) in [6.45, 7) is 4.97. The summed E-state index contributed by atoms with van der Waals surface area (Å²) in [6, 6.07) is 4.38. The Morgan fingerprint density at radius 1 is 1.38 bits per heavy atom. The minimum atomic E-state index is -0.326. The van der Waals surface area contributed by atoms with Crippen LogP contribution in [0.1, 0.15) is 23.5 Å². The third-order valence-electron chi connectivity index (χ3n) is 3.49. The summed E-state index contributed by atoms with van der Waals surface area (Å²) in [5.41, 5.74) is 0. The predicted molar refractivity (Wildman–Crippen MR) is 82.7 cm³/mol. The number of morpholine rings is 1. The Bertz CT molecular complexity index is 692. The van der Waals surface area contributed by atoms with Crippen LogP contribution in [-0.2, 0) is 4.74 Å². The Morgan fingerprint density at radius 3 is 2.71 bits per heavy atom. The van der Waals surface area contributed by atoms with Crippen LogP contribution in [0.3, 0.4) is 0 Å². The topological polar surface area (TPSA) is 29.5 Å². The quantitative estimate of drug-likeness (QED) is 0.794. The van der Waals surface area contributed by atoms with Gasteiger partial charge < -0.3 is 9.64 Å². The first-order valence-corrected chi connectivity index (χ1v) is 7.97. The van der Waals surface area contributed by atoms with Gasteiger partial charge in [0.15, 0.2) is 0 Å². The first-order valence-electron chi connectivity index (χ1n) is 6.78. The molecule has 0 radical (unpaired) electrons. The van der Waals surface area contributed by atoms with Crippen LogP contribution in [0, 0.1) is 5.82 Å². The number of hydrogen-bond donors (Lipinski definition) is 0. The third-order valence-corrected chi connectivity index (χ3v) is 5.14. The van der Waals surface area contributed by atoms with Gasteiger partial charge in [0.05, 0.1) is 17.2 Å². The van der Waals surface area contributed by atoms with Crippen LogP contribution in [0.2, 0.25) is 5.02 Å². The highest BCUT2D eigenvalue weighted by atomic mass is 35.5. The number of fused-ring (bicyclic) bond motifs is 1. The molecule has 112 valence electrons. The first-order chi connectivity index (χ1) is 9.95. The van der Waals surface area contributed by atoms with Gasteiger partial charge in [0.2, 0.25) is 0 Å². The number of amides is 1. The van der Waals surface area contributed by atoms with Gasteiger partial charge in [-0.1, -0.05) is 11.6 Å². The molecular formula is C15H15ClFNO2S. The molecule has 0 saturated carbocycles. The molecule has 2 heterocycles. The van der Waals surface area contributed by atoms with E-state index in [-0.39, 0.29) is 23.9 Å². The fourth-order valence-corrected chi connectivity index (χ4v) is 4.17. The summed E-state index contributed by atoms with van der Waals surface area (Å²) in [6.07, 6.45) is 0.00611. The van der Waals surface area contributed by atoms with E-state index in [0.29, 0.717) is 27.7 Å². The second-order valence-corrected chi connectivity index (χ2v) is 6.78. The Labute approximate surface area is 131 Å². The number of thiophene rings is 1. The van der Waals surface area contributed by atoms with E-state index < -0.39 is 0 Å². The standard InChI is InChI=1S/C15H15ClFNO2S/c1-8-6-18(7-9(2)20-8)15(19)14-13(16)11-4-3-10(17)5-12(11)21-14/h3-5,8-9H,6-7H2,1-2H3/t8-,9-/m0/s1. The second kappa shape index (κ2) is 5.55. The van der Waals surface area contributed by atoms with E-state index in [9.17, 15) is 9.18 Å². The molecular weight excluding hydrogens is 313 g/mol. The Hall–Kier alpha value is -1.17. The number of benzene rings is 1. The van der Waals surface area contributed by atoms with E-state index >= 15 is 0 Å². The van der Waals surface area contributed by atoms with Crippen LogP contribution >= 0.6 is 22.9 Å². The molecule has 0 N–H and O–H groups in total. The fraction of sp³-hybridized carbons (Fsp3) is 0.400. The highest BCUT2D eigenvalue weighted by molar-refractivity contribution is 7.21. The molecule has 0 spiro atoms. The molecule has 1 aliphatic heterocycles. The van der Waals surface area contributed by atoms with E-state index in [2.05, 4.69) is 0 Å². The number of carbonyl (C=O) groups is 1. The maximum Gasteiger partial charge on any atom is 0.265 e. The van der Waals surface area contributed by atoms with E-state index in [1.54, 1.807) is 11.0 Å². The number of hydrogen-bond acceptors (Lipinski definition) is 3. The van der Waals surface area contributed by atoms with Crippen molar-refractivity contribution >= 4 is 38.9 Å². The molecule has 1 aliphatic rings. The molecule has 1 saturated heterocycles. The van der Waals surface area contributed by atoms with Crippen molar-refractivity contribution in [3.05, 3.63) is 33.9 Å². The Kier molecular flexibility index (Phi) is 3.90. The van der Waals surface area contributed by atoms with Crippen molar-refractivity contribution in [2.45, 2.75) is 26.1 Å². The first kappa shape index (κ1) is 14.8.